The predicted octanol–water partition coefficient (Wildman–Crippen LogP) is 6.50. The van der Waals surface area contributed by atoms with Gasteiger partial charge in [0.1, 0.15) is 0 Å². The summed E-state index contributed by atoms with van der Waals surface area (Å²) in [5.74, 6) is 0.643. The summed E-state index contributed by atoms with van der Waals surface area (Å²) in [6.45, 7) is 8.67. The highest BCUT2D eigenvalue weighted by atomic mass is 32.1. The Balaban J connectivity index is 2.05. The molecule has 1 nitrogen and oxygen atoms in total. The van der Waals surface area contributed by atoms with Crippen molar-refractivity contribution in [3.8, 4) is 0 Å². The van der Waals surface area contributed by atoms with E-state index < -0.39 is 0 Å². The van der Waals surface area contributed by atoms with Crippen molar-refractivity contribution in [1.29, 1.82) is 0 Å². The van der Waals surface area contributed by atoms with Gasteiger partial charge in [0.2, 0.25) is 0 Å². The summed E-state index contributed by atoms with van der Waals surface area (Å²) < 4.78 is 0. The van der Waals surface area contributed by atoms with E-state index in [1.54, 1.807) is 0 Å². The molecule has 0 N–H and O–H groups in total. The molecule has 1 aliphatic carbocycles. The van der Waals surface area contributed by atoms with Crippen LogP contribution in [0.5, 0.6) is 0 Å². The summed E-state index contributed by atoms with van der Waals surface area (Å²) in [5.41, 5.74) is 7.96. The Morgan fingerprint density at radius 1 is 1.32 bits per heavy atom. The molecular formula is C23H31NS. The smallest absolute Gasteiger partial charge is 0.0407 e. The molecule has 0 saturated carbocycles. The lowest BCUT2D eigenvalue weighted by Crippen LogP contribution is -2.02. The van der Waals surface area contributed by atoms with E-state index in [4.69, 9.17) is 17.2 Å². The number of allylic oxidation sites excluding steroid dienone is 6. The Labute approximate surface area is 159 Å². The molecule has 1 unspecified atom stereocenters. The third-order valence-electron chi connectivity index (χ3n) is 5.19. The zero-order valence-corrected chi connectivity index (χ0v) is 17.0. The highest BCUT2D eigenvalue weighted by Gasteiger charge is 2.14. The third-order valence-corrected chi connectivity index (χ3v) is 5.36. The molecule has 1 heterocycles. The summed E-state index contributed by atoms with van der Waals surface area (Å²) >= 11 is 5.07. The topological polar surface area (TPSA) is 12.9 Å². The third kappa shape index (κ3) is 5.47. The minimum Gasteiger partial charge on any atom is -0.258 e. The zero-order chi connectivity index (χ0) is 18.2. The van der Waals surface area contributed by atoms with Crippen LogP contribution in [0.1, 0.15) is 63.4 Å². The largest absolute Gasteiger partial charge is 0.258 e. The Kier molecular flexibility index (Phi) is 7.77. The van der Waals surface area contributed by atoms with E-state index in [9.17, 15) is 0 Å². The van der Waals surface area contributed by atoms with Crippen LogP contribution >= 0.6 is 12.2 Å². The molecule has 0 bridgehead atoms. The molecular weight excluding hydrogens is 322 g/mol. The Morgan fingerprint density at radius 2 is 2.12 bits per heavy atom. The molecule has 0 aromatic carbocycles. The molecule has 2 heteroatoms. The van der Waals surface area contributed by atoms with Crippen molar-refractivity contribution < 1.29 is 0 Å². The van der Waals surface area contributed by atoms with Gasteiger partial charge in [0.15, 0.2) is 0 Å². The van der Waals surface area contributed by atoms with E-state index in [1.807, 2.05) is 5.37 Å². The Bertz CT molecular complexity index is 694. The molecule has 0 fully saturated rings. The van der Waals surface area contributed by atoms with Gasteiger partial charge in [-0.1, -0.05) is 43.4 Å². The Hall–Kier alpha value is -1.54. The number of thiocarbonyl (C=S) groups is 1. The van der Waals surface area contributed by atoms with Gasteiger partial charge >= 0.3 is 0 Å². The standard InChI is InChI=1S/C23H31NS/c1-5-20(14-15-25)23-9-7-8-19(16-17(23)3)10-11-21-12-13-22(6-2)24-18(21)4/h5,9,12-13,15-16,19H,6-8,10-11,14H2,1-4H3/b20-5-. The second-order valence-corrected chi connectivity index (χ2v) is 7.26. The number of aryl methyl sites for hydroxylation is 3. The number of rotatable bonds is 7. The highest BCUT2D eigenvalue weighted by molar-refractivity contribution is 7.79. The molecule has 1 aromatic heterocycles. The summed E-state index contributed by atoms with van der Waals surface area (Å²) in [6, 6.07) is 4.45. The highest BCUT2D eigenvalue weighted by Crippen LogP contribution is 2.30. The number of aromatic nitrogens is 1. The molecule has 0 amide bonds. The minimum absolute atomic E-state index is 0.643. The predicted molar refractivity (Wildman–Crippen MR) is 113 cm³/mol. The lowest BCUT2D eigenvalue weighted by molar-refractivity contribution is 0.550. The minimum atomic E-state index is 0.643. The van der Waals surface area contributed by atoms with Crippen LogP contribution in [0.3, 0.4) is 0 Å². The molecule has 1 aliphatic rings. The van der Waals surface area contributed by atoms with E-state index in [2.05, 4.69) is 58.1 Å². The van der Waals surface area contributed by atoms with E-state index in [0.29, 0.717) is 5.92 Å². The van der Waals surface area contributed by atoms with Gasteiger partial charge in [-0.2, -0.15) is 0 Å². The van der Waals surface area contributed by atoms with E-state index in [0.717, 1.165) is 25.7 Å². The van der Waals surface area contributed by atoms with Gasteiger partial charge < -0.3 is 0 Å². The summed E-state index contributed by atoms with van der Waals surface area (Å²) in [5, 5.41) is 1.83. The van der Waals surface area contributed by atoms with Gasteiger partial charge in [0, 0.05) is 17.8 Å². The fourth-order valence-electron chi connectivity index (χ4n) is 3.66. The van der Waals surface area contributed by atoms with Gasteiger partial charge in [-0.05, 0) is 92.5 Å². The molecule has 0 aliphatic heterocycles. The number of hydrogen-bond donors (Lipinski definition) is 0. The second kappa shape index (κ2) is 9.82. The first kappa shape index (κ1) is 19.8. The monoisotopic (exact) mass is 353 g/mol. The zero-order valence-electron chi connectivity index (χ0n) is 16.1. The van der Waals surface area contributed by atoms with Crippen LogP contribution in [0.2, 0.25) is 0 Å². The van der Waals surface area contributed by atoms with Crippen molar-refractivity contribution in [2.45, 2.75) is 66.2 Å². The second-order valence-electron chi connectivity index (χ2n) is 6.93. The van der Waals surface area contributed by atoms with Crippen LogP contribution in [0.15, 0.2) is 47.1 Å². The number of pyridine rings is 1. The summed E-state index contributed by atoms with van der Waals surface area (Å²) in [4.78, 5) is 4.71. The van der Waals surface area contributed by atoms with Crippen molar-refractivity contribution in [3.63, 3.8) is 0 Å². The number of hydrogen-bond acceptors (Lipinski definition) is 2. The SMILES string of the molecule is C/C=C(/CC=S)C1=CCCC(CCc2ccc(CC)nc2C)C=C1C. The molecule has 2 rings (SSSR count). The first-order chi connectivity index (χ1) is 12.1. The van der Waals surface area contributed by atoms with Crippen LogP contribution < -0.4 is 0 Å². The molecule has 0 saturated heterocycles. The quantitative estimate of drug-likeness (QED) is 0.519. The average Bonchev–Trinajstić information content (AvgIpc) is 2.79. The van der Waals surface area contributed by atoms with E-state index in [1.165, 1.54) is 46.5 Å². The maximum atomic E-state index is 5.07. The maximum Gasteiger partial charge on any atom is 0.0407 e. The fourth-order valence-corrected chi connectivity index (χ4v) is 3.84. The molecule has 0 spiro atoms. The van der Waals surface area contributed by atoms with Crippen LogP contribution in [-0.2, 0) is 12.8 Å². The van der Waals surface area contributed by atoms with Gasteiger partial charge in [0.25, 0.3) is 0 Å². The molecule has 25 heavy (non-hydrogen) atoms. The van der Waals surface area contributed by atoms with Crippen molar-refractivity contribution >= 4 is 17.6 Å². The van der Waals surface area contributed by atoms with E-state index >= 15 is 0 Å². The van der Waals surface area contributed by atoms with Crippen molar-refractivity contribution in [3.05, 3.63) is 64.0 Å². The first-order valence-corrected chi connectivity index (χ1v) is 9.99. The van der Waals surface area contributed by atoms with Crippen LogP contribution in [0, 0.1) is 12.8 Å². The number of nitrogens with zero attached hydrogens (tertiary/aromatic N) is 1. The molecule has 134 valence electrons. The van der Waals surface area contributed by atoms with Crippen molar-refractivity contribution in [1.82, 2.24) is 4.98 Å². The summed E-state index contributed by atoms with van der Waals surface area (Å²) in [6.07, 6.45) is 13.7. The fraction of sp³-hybridized carbons (Fsp3) is 0.478. The van der Waals surface area contributed by atoms with Gasteiger partial charge in [0.05, 0.1) is 0 Å². The average molecular weight is 354 g/mol. The Morgan fingerprint density at radius 3 is 2.76 bits per heavy atom. The lowest BCUT2D eigenvalue weighted by atomic mass is 9.92. The van der Waals surface area contributed by atoms with E-state index in [-0.39, 0.29) is 0 Å². The van der Waals surface area contributed by atoms with Gasteiger partial charge in [-0.3, -0.25) is 4.98 Å². The van der Waals surface area contributed by atoms with Crippen LogP contribution in [-0.4, -0.2) is 10.4 Å². The van der Waals surface area contributed by atoms with Gasteiger partial charge in [-0.15, -0.1) is 0 Å². The molecule has 1 atom stereocenters. The molecule has 0 radical (unpaired) electrons. The normalized spacial score (nSPS) is 18.4. The maximum absolute atomic E-state index is 5.07. The van der Waals surface area contributed by atoms with Crippen LogP contribution in [0.4, 0.5) is 0 Å². The first-order valence-electron chi connectivity index (χ1n) is 9.52. The van der Waals surface area contributed by atoms with Crippen LogP contribution in [0.25, 0.3) is 0 Å². The lowest BCUT2D eigenvalue weighted by Gasteiger charge is -2.14. The van der Waals surface area contributed by atoms with Gasteiger partial charge in [-0.25, -0.2) is 0 Å². The summed E-state index contributed by atoms with van der Waals surface area (Å²) in [7, 11) is 0. The van der Waals surface area contributed by atoms with Crippen molar-refractivity contribution in [2.75, 3.05) is 0 Å². The molecule has 1 aromatic rings. The van der Waals surface area contributed by atoms with Crippen molar-refractivity contribution in [2.24, 2.45) is 5.92 Å².